The molecule has 0 aliphatic rings. The normalized spacial score (nSPS) is 10.9. The highest BCUT2D eigenvalue weighted by Crippen LogP contribution is 2.27. The smallest absolute Gasteiger partial charge is 0.292 e. The number of H-pyrrole nitrogens is 5. The Morgan fingerprint density at radius 3 is 1.16 bits per heavy atom. The Morgan fingerprint density at radius 2 is 0.792 bits per heavy atom. The van der Waals surface area contributed by atoms with Gasteiger partial charge in [-0.15, -0.1) is 11.8 Å². The van der Waals surface area contributed by atoms with E-state index in [1.165, 1.54) is 91.4 Å². The lowest BCUT2D eigenvalue weighted by Gasteiger charge is -2.11. The third kappa shape index (κ3) is 23.9. The van der Waals surface area contributed by atoms with Gasteiger partial charge < -0.3 is 35.7 Å². The lowest BCUT2D eigenvalue weighted by molar-refractivity contribution is 0.0991. The average molecular weight is 1810 g/mol. The van der Waals surface area contributed by atoms with E-state index >= 15 is 0 Å². The number of nitrogens with one attached hydrogen (secondary N) is 10. The number of aromatic amines is 5. The maximum atomic E-state index is 13.8. The number of amides is 5. The number of aromatic nitrogens is 20. The van der Waals surface area contributed by atoms with E-state index in [1.54, 1.807) is 137 Å². The van der Waals surface area contributed by atoms with Crippen LogP contribution in [0.3, 0.4) is 0 Å². The Balaban J connectivity index is 0.000000157. The second-order valence-electron chi connectivity index (χ2n) is 30.4. The van der Waals surface area contributed by atoms with Crippen molar-refractivity contribution in [2.75, 3.05) is 39.9 Å². The van der Waals surface area contributed by atoms with E-state index < -0.39 is 17.6 Å². The summed E-state index contributed by atoms with van der Waals surface area (Å²) in [5.74, 6) is 1.37. The number of anilines is 5. The largest absolute Gasteiger partial charge is 0.496 e. The fraction of sp³-hybridized carbons (Fsp3) is 0.244. The number of benzene rings is 4. The summed E-state index contributed by atoms with van der Waals surface area (Å²) < 4.78 is 31.0. The molecule has 4 aromatic carbocycles. The van der Waals surface area contributed by atoms with E-state index in [0.717, 1.165) is 11.3 Å². The van der Waals surface area contributed by atoms with Gasteiger partial charge in [0.2, 0.25) is 29.7 Å². The van der Waals surface area contributed by atoms with Gasteiger partial charge in [0.05, 0.1) is 58.5 Å². The SMILES string of the molecule is CCCc1cc(=O)[nH]c(-n2nc(C)cc2NC(=O)c2ccccc2F)n1.COc1ccccc1C(=O)Nc1cc(C)nn1-c1ncc(C(C)C)c(=O)[nH]1.CSc1ccccc1C(=O)Nc1cc(C)nn1-c1ncc(C(C)C)c(=O)[nH]1.Cc1cc(NC(=O)c2ccc(Cl)cc2)n(-c2ncc(C(C)C)c(=O)[nH]2)n1.Cc1cc(NC(=O)c2ccco2)n(-c2ncc(C(C)C)c(=O)[nH]2)n1. The molecule has 672 valence electrons. The van der Waals surface area contributed by atoms with Gasteiger partial charge >= 0.3 is 0 Å². The van der Waals surface area contributed by atoms with Crippen LogP contribution in [0.1, 0.15) is 201 Å². The van der Waals surface area contributed by atoms with Crippen LogP contribution in [0.4, 0.5) is 33.5 Å². The van der Waals surface area contributed by atoms with Crippen LogP contribution in [0.2, 0.25) is 5.02 Å². The molecular formula is C90H95ClFN25O12S. The van der Waals surface area contributed by atoms with Crippen molar-refractivity contribution in [3.63, 3.8) is 0 Å². The molecule has 0 aliphatic heterocycles. The zero-order valence-electron chi connectivity index (χ0n) is 73.7. The minimum atomic E-state index is -0.621. The molecule has 0 bridgehead atoms. The van der Waals surface area contributed by atoms with Gasteiger partial charge in [0.15, 0.2) is 5.76 Å². The number of furan rings is 1. The molecule has 0 aliphatic carbocycles. The van der Waals surface area contributed by atoms with Crippen LogP contribution in [-0.4, -0.2) is 142 Å². The summed E-state index contributed by atoms with van der Waals surface area (Å²) in [5, 5.41) is 35.8. The maximum absolute atomic E-state index is 13.8. The number of carbonyl (C=O) groups is 5. The number of hydrogen-bond acceptors (Lipinski definition) is 23. The molecule has 0 saturated carbocycles. The Labute approximate surface area is 751 Å². The van der Waals surface area contributed by atoms with Gasteiger partial charge in [0, 0.05) is 105 Å². The first-order valence-corrected chi connectivity index (χ1v) is 42.4. The van der Waals surface area contributed by atoms with Crippen molar-refractivity contribution in [3.05, 3.63) is 324 Å². The Kier molecular flexibility index (Phi) is 31.4. The number of halogens is 2. The molecule has 0 saturated heterocycles. The van der Waals surface area contributed by atoms with E-state index in [1.807, 2.05) is 93.7 Å². The number of carbonyl (C=O) groups excluding carboxylic acids is 5. The highest BCUT2D eigenvalue weighted by molar-refractivity contribution is 7.98. The van der Waals surface area contributed by atoms with E-state index in [2.05, 4.69) is 102 Å². The summed E-state index contributed by atoms with van der Waals surface area (Å²) in [4.78, 5) is 159. The molecule has 10 N–H and O–H groups in total. The first kappa shape index (κ1) is 95.0. The van der Waals surface area contributed by atoms with Crippen molar-refractivity contribution in [2.24, 2.45) is 0 Å². The third-order valence-corrected chi connectivity index (χ3v) is 20.1. The summed E-state index contributed by atoms with van der Waals surface area (Å²) in [6, 6.07) is 39.6. The van der Waals surface area contributed by atoms with Crippen LogP contribution in [0.25, 0.3) is 29.7 Å². The highest BCUT2D eigenvalue weighted by Gasteiger charge is 2.24. The van der Waals surface area contributed by atoms with E-state index in [9.17, 15) is 52.3 Å². The molecule has 15 aromatic rings. The zero-order valence-corrected chi connectivity index (χ0v) is 75.3. The first-order valence-electron chi connectivity index (χ1n) is 40.8. The van der Waals surface area contributed by atoms with Gasteiger partial charge in [-0.25, -0.2) is 29.3 Å². The third-order valence-electron chi connectivity index (χ3n) is 19.1. The van der Waals surface area contributed by atoms with Crippen LogP contribution >= 0.6 is 23.4 Å². The summed E-state index contributed by atoms with van der Waals surface area (Å²) >= 11 is 7.35. The molecule has 40 heteroatoms. The number of para-hydroxylation sites is 1. The monoisotopic (exact) mass is 1800 g/mol. The van der Waals surface area contributed by atoms with Crippen LogP contribution in [0, 0.1) is 40.4 Å². The summed E-state index contributed by atoms with van der Waals surface area (Å²) in [5.41, 5.74) is 6.42. The molecule has 5 amide bonds. The lowest BCUT2D eigenvalue weighted by Crippen LogP contribution is -2.21. The number of ether oxygens (including phenoxy) is 1. The Morgan fingerprint density at radius 1 is 0.438 bits per heavy atom. The fourth-order valence-electron chi connectivity index (χ4n) is 12.6. The van der Waals surface area contributed by atoms with Crippen molar-refractivity contribution in [2.45, 2.75) is 138 Å². The summed E-state index contributed by atoms with van der Waals surface area (Å²) in [6.45, 7) is 26.3. The molecule has 0 radical (unpaired) electrons. The van der Waals surface area contributed by atoms with Gasteiger partial charge in [0.1, 0.15) is 40.7 Å². The standard InChI is InChI=1S/C19H21N5O3.C19H21N5O2S.C18H18ClN5O2.C18H18FN5O2.C16H17N5O3/c2*1-11(2)14-10-20-19(22-18(14)26)24-16(9-12(3)23-24)21-17(25)13-7-5-6-8-15(13)27-4;1-10(2)14-9-20-18(22-17(14)26)24-15(8-11(3)23-24)21-16(25)12-4-6-13(19)7-5-12;1-3-6-12-10-16(25)22-18(20-12)24-15(9-11(2)23-24)21-17(26)13-7-4-5-8-14(13)19;1-9(2)11-8-17-16(19-14(11)22)21-13(7-10(3)20-21)18-15(23)12-5-4-6-24-12/h2*5-11H,1-4H3,(H,21,25)(H,20,22,26);4-10H,1-3H3,(H,21,25)(H,20,22,26);4-5,7-10H,3,6H2,1-2H3,(H,21,26)(H,20,22,25);4-9H,1-3H3,(H,18,23)(H,17,19,22). The molecule has 130 heavy (non-hydrogen) atoms. The van der Waals surface area contributed by atoms with Crippen molar-refractivity contribution >= 4 is 82.0 Å². The number of nitrogens with zero attached hydrogens (tertiary/aromatic N) is 15. The summed E-state index contributed by atoms with van der Waals surface area (Å²) in [7, 11) is 1.51. The predicted molar refractivity (Wildman–Crippen MR) is 491 cm³/mol. The van der Waals surface area contributed by atoms with Crippen LogP contribution < -0.4 is 59.1 Å². The molecule has 37 nitrogen and oxygen atoms in total. The minimum absolute atomic E-state index is 0.0550. The van der Waals surface area contributed by atoms with Gasteiger partial charge in [0.25, 0.3) is 57.3 Å². The van der Waals surface area contributed by atoms with E-state index in [0.29, 0.717) is 114 Å². The zero-order chi connectivity index (χ0) is 93.9. The van der Waals surface area contributed by atoms with Gasteiger partial charge in [-0.3, -0.25) is 72.9 Å². The maximum Gasteiger partial charge on any atom is 0.292 e. The lowest BCUT2D eigenvalue weighted by atomic mass is 10.1. The van der Waals surface area contributed by atoms with Gasteiger partial charge in [-0.1, -0.05) is 117 Å². The second-order valence-corrected chi connectivity index (χ2v) is 31.7. The molecule has 11 aromatic heterocycles. The first-order chi connectivity index (χ1) is 62.1. The molecule has 15 rings (SSSR count). The molecular weight excluding hydrogens is 1710 g/mol. The van der Waals surface area contributed by atoms with Gasteiger partial charge in [-0.05, 0) is 144 Å². The topological polar surface area (TPSA) is 486 Å². The quantitative estimate of drug-likeness (QED) is 0.0266. The molecule has 0 unspecified atom stereocenters. The highest BCUT2D eigenvalue weighted by atomic mass is 35.5. The van der Waals surface area contributed by atoms with Crippen molar-refractivity contribution in [1.29, 1.82) is 0 Å². The number of rotatable bonds is 23. The van der Waals surface area contributed by atoms with Crippen molar-refractivity contribution in [3.8, 4) is 35.5 Å². The average Bonchev–Trinajstić information content (AvgIpc) is 1.67. The molecule has 11 heterocycles. The number of hydrogen-bond donors (Lipinski definition) is 10. The number of aryl methyl sites for hydroxylation is 6. The number of thioether (sulfide) groups is 1. The van der Waals surface area contributed by atoms with Crippen molar-refractivity contribution in [1.82, 2.24) is 98.7 Å². The van der Waals surface area contributed by atoms with Crippen LogP contribution in [0.15, 0.2) is 210 Å². The predicted octanol–water partition coefficient (Wildman–Crippen LogP) is 14.1. The Hall–Kier alpha value is -15.7. The number of methoxy groups -OCH3 is 1. The van der Waals surface area contributed by atoms with Crippen molar-refractivity contribution < 1.29 is 37.5 Å². The minimum Gasteiger partial charge on any atom is -0.496 e. The van der Waals surface area contributed by atoms with E-state index in [-0.39, 0.29) is 116 Å². The van der Waals surface area contributed by atoms with Gasteiger partial charge in [-0.2, -0.15) is 48.9 Å². The molecule has 0 fully saturated rings. The molecule has 0 spiro atoms. The molecule has 0 atom stereocenters. The summed E-state index contributed by atoms with van der Waals surface area (Å²) in [6.07, 6.45) is 11.0. The van der Waals surface area contributed by atoms with Crippen LogP contribution in [-0.2, 0) is 6.42 Å². The Bertz CT molecular complexity index is 6750. The van der Waals surface area contributed by atoms with E-state index in [4.69, 9.17) is 20.8 Å². The fourth-order valence-corrected chi connectivity index (χ4v) is 13.3. The second kappa shape index (κ2) is 43.0. The van der Waals surface area contributed by atoms with Crippen LogP contribution in [0.5, 0.6) is 5.75 Å².